The van der Waals surface area contributed by atoms with Crippen LogP contribution in [0.1, 0.15) is 32.7 Å². The number of rotatable bonds is 6. The van der Waals surface area contributed by atoms with E-state index in [1.165, 1.54) is 30.3 Å². The molecule has 0 unspecified atom stereocenters. The molecule has 0 saturated carbocycles. The lowest BCUT2D eigenvalue weighted by Crippen LogP contribution is -2.16. The molecular formula is C19H14F2O4. The molecule has 2 aromatic carbocycles. The van der Waals surface area contributed by atoms with Crippen LogP contribution in [0.5, 0.6) is 5.75 Å². The van der Waals surface area contributed by atoms with Gasteiger partial charge in [0.15, 0.2) is 0 Å². The molecule has 25 heavy (non-hydrogen) atoms. The minimum absolute atomic E-state index is 0.0599. The highest BCUT2D eigenvalue weighted by molar-refractivity contribution is 6.49. The summed E-state index contributed by atoms with van der Waals surface area (Å²) in [5.74, 6) is 3.81. The molecule has 0 bridgehead atoms. The number of Topliss-reactive ketones (excluding diaryl/α,β-unsaturated/α-hetero) is 2. The first kappa shape index (κ1) is 18.3. The Hall–Kier alpha value is -3.04. The fourth-order valence-electron chi connectivity index (χ4n) is 2.04. The second-order valence-electron chi connectivity index (χ2n) is 4.88. The molecule has 4 nitrogen and oxygen atoms in total. The molecule has 0 fully saturated rings. The van der Waals surface area contributed by atoms with Gasteiger partial charge in [-0.3, -0.25) is 9.59 Å². The molecule has 1 N–H and O–H groups in total. The molecule has 0 heterocycles. The summed E-state index contributed by atoms with van der Waals surface area (Å²) in [6, 6.07) is 11.3. The number of alkyl halides is 2. The van der Waals surface area contributed by atoms with Gasteiger partial charge < -0.3 is 9.84 Å². The highest BCUT2D eigenvalue weighted by atomic mass is 19.3. The molecule has 2 rings (SSSR count). The van der Waals surface area contributed by atoms with Crippen molar-refractivity contribution in [2.45, 2.75) is 13.0 Å². The van der Waals surface area contributed by atoms with Crippen molar-refractivity contribution < 1.29 is 28.2 Å². The molecule has 0 aromatic heterocycles. The van der Waals surface area contributed by atoms with Gasteiger partial charge in [-0.15, -0.1) is 0 Å². The largest absolute Gasteiger partial charge is 0.435 e. The van der Waals surface area contributed by atoms with Crippen molar-refractivity contribution in [2.75, 3.05) is 6.61 Å². The summed E-state index contributed by atoms with van der Waals surface area (Å²) in [7, 11) is 0. The molecule has 128 valence electrons. The summed E-state index contributed by atoms with van der Waals surface area (Å²) in [6.45, 7) is -3.07. The third-order valence-electron chi connectivity index (χ3n) is 3.18. The molecule has 0 saturated heterocycles. The van der Waals surface area contributed by atoms with E-state index in [0.717, 1.165) is 0 Å². The number of aliphatic hydroxyl groups is 1. The maximum atomic E-state index is 12.4. The molecular weight excluding hydrogens is 330 g/mol. The van der Waals surface area contributed by atoms with Crippen molar-refractivity contribution in [2.24, 2.45) is 0 Å². The lowest BCUT2D eigenvalue weighted by Gasteiger charge is -2.06. The van der Waals surface area contributed by atoms with Crippen LogP contribution in [-0.2, 0) is 0 Å². The average Bonchev–Trinajstić information content (AvgIpc) is 2.61. The highest BCUT2D eigenvalue weighted by Crippen LogP contribution is 2.17. The summed E-state index contributed by atoms with van der Waals surface area (Å²) in [5.41, 5.74) is 0.586. The summed E-state index contributed by atoms with van der Waals surface area (Å²) < 4.78 is 28.5. The average molecular weight is 344 g/mol. The maximum absolute atomic E-state index is 12.4. The van der Waals surface area contributed by atoms with Crippen LogP contribution in [0.3, 0.4) is 0 Å². The third kappa shape index (κ3) is 4.96. The predicted octanol–water partition coefficient (Wildman–Crippen LogP) is 3.09. The Morgan fingerprint density at radius 3 is 2.36 bits per heavy atom. The van der Waals surface area contributed by atoms with E-state index in [4.69, 9.17) is 5.11 Å². The number of carbonyl (C=O) groups excluding carboxylic acids is 2. The SMILES string of the molecule is O=C(C(=O)c1ccccc1C#CCCO)c1ccc(OC(F)F)cc1. The Bertz CT molecular complexity index is 817. The van der Waals surface area contributed by atoms with Crippen LogP contribution in [0, 0.1) is 11.8 Å². The van der Waals surface area contributed by atoms with Gasteiger partial charge >= 0.3 is 6.61 Å². The maximum Gasteiger partial charge on any atom is 0.387 e. The van der Waals surface area contributed by atoms with Crippen molar-refractivity contribution in [3.8, 4) is 17.6 Å². The summed E-state index contributed by atoms with van der Waals surface area (Å²) in [6.07, 6.45) is 0.252. The summed E-state index contributed by atoms with van der Waals surface area (Å²) >= 11 is 0. The van der Waals surface area contributed by atoms with Gasteiger partial charge in [-0.1, -0.05) is 24.0 Å². The zero-order valence-corrected chi connectivity index (χ0v) is 13.0. The Balaban J connectivity index is 2.23. The minimum Gasteiger partial charge on any atom is -0.435 e. The van der Waals surface area contributed by atoms with E-state index >= 15 is 0 Å². The van der Waals surface area contributed by atoms with Crippen LogP contribution in [0.15, 0.2) is 48.5 Å². The molecule has 0 aliphatic carbocycles. The Morgan fingerprint density at radius 2 is 1.72 bits per heavy atom. The topological polar surface area (TPSA) is 63.6 Å². The number of ketones is 2. The van der Waals surface area contributed by atoms with Crippen LogP contribution in [0.25, 0.3) is 0 Å². The van der Waals surface area contributed by atoms with Gasteiger partial charge in [-0.05, 0) is 36.4 Å². The lowest BCUT2D eigenvalue weighted by atomic mass is 9.97. The van der Waals surface area contributed by atoms with Crippen molar-refractivity contribution in [3.63, 3.8) is 0 Å². The normalized spacial score (nSPS) is 10.1. The summed E-state index contributed by atoms with van der Waals surface area (Å²) in [5, 5.41) is 8.76. The second-order valence-corrected chi connectivity index (χ2v) is 4.88. The Kier molecular flexibility index (Phi) is 6.38. The Morgan fingerprint density at radius 1 is 1.04 bits per heavy atom. The molecule has 6 heteroatoms. The van der Waals surface area contributed by atoms with Gasteiger partial charge in [-0.2, -0.15) is 8.78 Å². The van der Waals surface area contributed by atoms with E-state index in [2.05, 4.69) is 16.6 Å². The zero-order valence-electron chi connectivity index (χ0n) is 13.0. The molecule has 0 radical (unpaired) electrons. The lowest BCUT2D eigenvalue weighted by molar-refractivity contribution is -0.0498. The number of halogens is 2. The fourth-order valence-corrected chi connectivity index (χ4v) is 2.04. The summed E-state index contributed by atoms with van der Waals surface area (Å²) in [4.78, 5) is 24.8. The van der Waals surface area contributed by atoms with E-state index in [9.17, 15) is 18.4 Å². The molecule has 0 amide bonds. The number of carbonyl (C=O) groups is 2. The molecule has 0 spiro atoms. The van der Waals surface area contributed by atoms with Crippen LogP contribution < -0.4 is 4.74 Å². The number of ether oxygens (including phenoxy) is 1. The first-order valence-corrected chi connectivity index (χ1v) is 7.35. The van der Waals surface area contributed by atoms with E-state index < -0.39 is 18.2 Å². The first-order chi connectivity index (χ1) is 12.0. The van der Waals surface area contributed by atoms with Crippen molar-refractivity contribution in [1.29, 1.82) is 0 Å². The monoisotopic (exact) mass is 344 g/mol. The fraction of sp³-hybridized carbons (Fsp3) is 0.158. The molecule has 0 atom stereocenters. The van der Waals surface area contributed by atoms with Gasteiger partial charge in [0.2, 0.25) is 11.6 Å². The number of benzene rings is 2. The first-order valence-electron chi connectivity index (χ1n) is 7.35. The van der Waals surface area contributed by atoms with Crippen LogP contribution in [0.4, 0.5) is 8.78 Å². The minimum atomic E-state index is -2.97. The van der Waals surface area contributed by atoms with E-state index in [1.807, 2.05) is 0 Å². The van der Waals surface area contributed by atoms with Gasteiger partial charge in [0, 0.05) is 23.1 Å². The van der Waals surface area contributed by atoms with Crippen molar-refractivity contribution in [3.05, 3.63) is 65.2 Å². The number of hydrogen-bond donors (Lipinski definition) is 1. The zero-order chi connectivity index (χ0) is 18.2. The van der Waals surface area contributed by atoms with Gasteiger partial charge in [0.25, 0.3) is 0 Å². The highest BCUT2D eigenvalue weighted by Gasteiger charge is 2.20. The quantitative estimate of drug-likeness (QED) is 0.497. The van der Waals surface area contributed by atoms with Crippen LogP contribution in [-0.4, -0.2) is 29.9 Å². The van der Waals surface area contributed by atoms with Crippen LogP contribution in [0.2, 0.25) is 0 Å². The molecule has 0 aliphatic heterocycles. The Labute approximate surface area is 143 Å². The second kappa shape index (κ2) is 8.71. The molecule has 2 aromatic rings. The smallest absolute Gasteiger partial charge is 0.387 e. The van der Waals surface area contributed by atoms with Crippen molar-refractivity contribution >= 4 is 11.6 Å². The third-order valence-corrected chi connectivity index (χ3v) is 3.18. The van der Waals surface area contributed by atoms with Crippen LogP contribution >= 0.6 is 0 Å². The standard InChI is InChI=1S/C19H14F2O4/c20-19(21)25-15-10-8-14(9-11-15)17(23)18(24)16-7-2-1-5-13(16)6-3-4-12-22/h1-2,5,7-11,19,22H,4,12H2. The van der Waals surface area contributed by atoms with Gasteiger partial charge in [-0.25, -0.2) is 0 Å². The van der Waals surface area contributed by atoms with Gasteiger partial charge in [0.05, 0.1) is 6.61 Å². The van der Waals surface area contributed by atoms with Gasteiger partial charge in [0.1, 0.15) is 5.75 Å². The molecule has 0 aliphatic rings. The predicted molar refractivity (Wildman–Crippen MR) is 86.8 cm³/mol. The number of hydrogen-bond acceptors (Lipinski definition) is 4. The van der Waals surface area contributed by atoms with Crippen molar-refractivity contribution in [1.82, 2.24) is 0 Å². The van der Waals surface area contributed by atoms with E-state index in [-0.39, 0.29) is 29.9 Å². The number of aliphatic hydroxyl groups excluding tert-OH is 1. The van der Waals surface area contributed by atoms with E-state index in [0.29, 0.717) is 5.56 Å². The van der Waals surface area contributed by atoms with E-state index in [1.54, 1.807) is 18.2 Å².